The van der Waals surface area contributed by atoms with E-state index >= 15 is 0 Å². The summed E-state index contributed by atoms with van der Waals surface area (Å²) in [5.41, 5.74) is 0.654. The Bertz CT molecular complexity index is 498. The summed E-state index contributed by atoms with van der Waals surface area (Å²) in [6.45, 7) is -0.689. The quantitative estimate of drug-likeness (QED) is 0.749. The summed E-state index contributed by atoms with van der Waals surface area (Å²) >= 11 is 5.69. The third kappa shape index (κ3) is 4.72. The molecule has 0 saturated heterocycles. The van der Waals surface area contributed by atoms with Crippen molar-refractivity contribution in [1.82, 2.24) is 4.31 Å². The Morgan fingerprint density at radius 2 is 1.88 bits per heavy atom. The van der Waals surface area contributed by atoms with Crippen molar-refractivity contribution in [3.63, 3.8) is 0 Å². The van der Waals surface area contributed by atoms with Crippen molar-refractivity contribution in [3.05, 3.63) is 34.9 Å². The maximum atomic E-state index is 11.3. The summed E-state index contributed by atoms with van der Waals surface area (Å²) in [5.74, 6) is -1.44. The van der Waals surface area contributed by atoms with E-state index in [2.05, 4.69) is 0 Å². The van der Waals surface area contributed by atoms with Gasteiger partial charge in [0.25, 0.3) is 0 Å². The Labute approximate surface area is 105 Å². The molecule has 0 heterocycles. The number of carboxylic acids is 1. The molecule has 0 unspecified atom stereocenters. The molecule has 1 rings (SSSR count). The lowest BCUT2D eigenvalue weighted by Gasteiger charge is -2.20. The molecule has 0 aliphatic heterocycles. The number of hydrogen-bond acceptors (Lipinski definition) is 4. The molecule has 0 bridgehead atoms. The minimum atomic E-state index is -3.59. The number of carboxylic acid groups (broad SMARTS) is 1. The van der Waals surface area contributed by atoms with Crippen LogP contribution in [-0.4, -0.2) is 31.5 Å². The maximum absolute atomic E-state index is 11.3. The predicted octanol–water partition coefficient (Wildman–Crippen LogP) is -0.148. The van der Waals surface area contributed by atoms with Crippen LogP contribution in [0.15, 0.2) is 24.3 Å². The van der Waals surface area contributed by atoms with Gasteiger partial charge in [-0.3, -0.25) is 0 Å². The van der Waals surface area contributed by atoms with Crippen LogP contribution in [0.5, 0.6) is 0 Å². The van der Waals surface area contributed by atoms with E-state index in [-0.39, 0.29) is 6.54 Å². The lowest BCUT2D eigenvalue weighted by atomic mass is 10.2. The number of benzene rings is 1. The highest BCUT2D eigenvalue weighted by Gasteiger charge is 2.16. The maximum Gasteiger partial charge on any atom is 0.211 e. The molecule has 17 heavy (non-hydrogen) atoms. The molecule has 0 atom stereocenters. The first kappa shape index (κ1) is 14.0. The Morgan fingerprint density at radius 3 is 2.29 bits per heavy atom. The molecule has 0 spiro atoms. The van der Waals surface area contributed by atoms with E-state index in [4.69, 9.17) is 11.6 Å². The van der Waals surface area contributed by atoms with E-state index in [1.807, 2.05) is 0 Å². The molecule has 0 N–H and O–H groups in total. The summed E-state index contributed by atoms with van der Waals surface area (Å²) < 4.78 is 23.5. The Morgan fingerprint density at radius 1 is 1.35 bits per heavy atom. The topological polar surface area (TPSA) is 77.5 Å². The van der Waals surface area contributed by atoms with E-state index in [9.17, 15) is 18.3 Å². The molecular formula is C10H11ClNO4S-. The van der Waals surface area contributed by atoms with Gasteiger partial charge >= 0.3 is 0 Å². The van der Waals surface area contributed by atoms with Crippen LogP contribution in [0.4, 0.5) is 0 Å². The number of rotatable bonds is 5. The van der Waals surface area contributed by atoms with Gasteiger partial charge in [0.2, 0.25) is 10.0 Å². The van der Waals surface area contributed by atoms with Gasteiger partial charge in [0.05, 0.1) is 18.8 Å². The van der Waals surface area contributed by atoms with Crippen LogP contribution in [0, 0.1) is 0 Å². The predicted molar refractivity (Wildman–Crippen MR) is 61.7 cm³/mol. The van der Waals surface area contributed by atoms with Gasteiger partial charge in [-0.25, -0.2) is 8.42 Å². The average Bonchev–Trinajstić information content (AvgIpc) is 2.18. The molecule has 5 nitrogen and oxygen atoms in total. The van der Waals surface area contributed by atoms with E-state index in [1.165, 1.54) is 0 Å². The fourth-order valence-electron chi connectivity index (χ4n) is 1.23. The van der Waals surface area contributed by atoms with Gasteiger partial charge in [-0.05, 0) is 17.7 Å². The van der Waals surface area contributed by atoms with E-state index in [0.717, 1.165) is 10.6 Å². The third-order valence-corrected chi connectivity index (χ3v) is 3.49. The van der Waals surface area contributed by atoms with Crippen LogP contribution in [-0.2, 0) is 21.4 Å². The second-order valence-electron chi connectivity index (χ2n) is 3.53. The van der Waals surface area contributed by atoms with Crippen molar-refractivity contribution in [2.75, 3.05) is 12.8 Å². The van der Waals surface area contributed by atoms with Crippen LogP contribution in [0.2, 0.25) is 5.02 Å². The Kier molecular flexibility index (Phi) is 4.50. The molecule has 0 fully saturated rings. The molecule has 0 aliphatic rings. The Hall–Kier alpha value is -1.11. The molecule has 0 saturated carbocycles. The van der Waals surface area contributed by atoms with Crippen LogP contribution in [0.1, 0.15) is 5.56 Å². The number of hydrogen-bond donors (Lipinski definition) is 0. The number of aliphatic carboxylic acids is 1. The van der Waals surface area contributed by atoms with Crippen LogP contribution >= 0.6 is 11.6 Å². The molecule has 0 amide bonds. The molecule has 0 aromatic heterocycles. The number of carbonyl (C=O) groups is 1. The highest BCUT2D eigenvalue weighted by atomic mass is 35.5. The first-order valence-electron chi connectivity index (χ1n) is 4.68. The van der Waals surface area contributed by atoms with Crippen molar-refractivity contribution in [3.8, 4) is 0 Å². The smallest absolute Gasteiger partial charge is 0.211 e. The van der Waals surface area contributed by atoms with Crippen molar-refractivity contribution < 1.29 is 18.3 Å². The second-order valence-corrected chi connectivity index (χ2v) is 5.95. The fraction of sp³-hybridized carbons (Fsp3) is 0.300. The third-order valence-electron chi connectivity index (χ3n) is 2.05. The zero-order valence-corrected chi connectivity index (χ0v) is 10.7. The van der Waals surface area contributed by atoms with E-state index in [1.54, 1.807) is 24.3 Å². The monoisotopic (exact) mass is 276 g/mol. The normalized spacial score (nSPS) is 11.7. The molecule has 0 radical (unpaired) electrons. The van der Waals surface area contributed by atoms with Crippen LogP contribution in [0.3, 0.4) is 0 Å². The molecular weight excluding hydrogens is 266 g/mol. The van der Waals surface area contributed by atoms with Crippen molar-refractivity contribution >= 4 is 27.6 Å². The van der Waals surface area contributed by atoms with Gasteiger partial charge in [0, 0.05) is 11.6 Å². The summed E-state index contributed by atoms with van der Waals surface area (Å²) in [7, 11) is -3.59. The summed E-state index contributed by atoms with van der Waals surface area (Å²) in [6.07, 6.45) is 0.950. The standard InChI is InChI=1S/C10H12ClNO4S/c1-17(15,16)12(7-10(13)14)6-8-2-4-9(11)5-3-8/h2-5H,6-7H2,1H3,(H,13,14)/p-1. The molecule has 7 heteroatoms. The molecule has 0 aliphatic carbocycles. The van der Waals surface area contributed by atoms with Crippen molar-refractivity contribution in [1.29, 1.82) is 0 Å². The molecule has 1 aromatic carbocycles. The summed E-state index contributed by atoms with van der Waals surface area (Å²) in [6, 6.07) is 6.48. The van der Waals surface area contributed by atoms with Gasteiger partial charge in [-0.1, -0.05) is 23.7 Å². The number of halogens is 1. The zero-order valence-electron chi connectivity index (χ0n) is 9.09. The van der Waals surface area contributed by atoms with Gasteiger partial charge in [-0.2, -0.15) is 4.31 Å². The number of sulfonamides is 1. The molecule has 94 valence electrons. The highest BCUT2D eigenvalue weighted by molar-refractivity contribution is 7.88. The second kappa shape index (κ2) is 5.48. The van der Waals surface area contributed by atoms with Gasteiger partial charge in [-0.15, -0.1) is 0 Å². The highest BCUT2D eigenvalue weighted by Crippen LogP contribution is 2.12. The van der Waals surface area contributed by atoms with Crippen molar-refractivity contribution in [2.24, 2.45) is 0 Å². The fourth-order valence-corrected chi connectivity index (χ4v) is 2.08. The van der Waals surface area contributed by atoms with Crippen LogP contribution in [0.25, 0.3) is 0 Å². The van der Waals surface area contributed by atoms with Gasteiger partial charge in [0.15, 0.2) is 0 Å². The largest absolute Gasteiger partial charge is 0.549 e. The van der Waals surface area contributed by atoms with E-state index < -0.39 is 22.5 Å². The van der Waals surface area contributed by atoms with Crippen LogP contribution < -0.4 is 5.11 Å². The minimum absolute atomic E-state index is 0.0238. The average molecular weight is 277 g/mol. The Balaban J connectivity index is 2.87. The lowest BCUT2D eigenvalue weighted by molar-refractivity contribution is -0.305. The summed E-state index contributed by atoms with van der Waals surface area (Å²) in [4.78, 5) is 10.5. The van der Waals surface area contributed by atoms with Gasteiger partial charge in [0.1, 0.15) is 0 Å². The first-order valence-corrected chi connectivity index (χ1v) is 6.91. The zero-order chi connectivity index (χ0) is 13.1. The first-order chi connectivity index (χ1) is 7.79. The van der Waals surface area contributed by atoms with Crippen molar-refractivity contribution in [2.45, 2.75) is 6.54 Å². The molecule has 1 aromatic rings. The SMILES string of the molecule is CS(=O)(=O)N(CC(=O)[O-])Cc1ccc(Cl)cc1. The lowest BCUT2D eigenvalue weighted by Crippen LogP contribution is -2.40. The number of nitrogens with zero attached hydrogens (tertiary/aromatic N) is 1. The minimum Gasteiger partial charge on any atom is -0.549 e. The van der Waals surface area contributed by atoms with Gasteiger partial charge < -0.3 is 9.90 Å². The van der Waals surface area contributed by atoms with E-state index in [0.29, 0.717) is 10.6 Å². The summed E-state index contributed by atoms with van der Waals surface area (Å²) in [5, 5.41) is 11.0. The number of carbonyl (C=O) groups excluding carboxylic acids is 1.